The largest absolute Gasteiger partial charge is 0.253 e. The van der Waals surface area contributed by atoms with Crippen LogP contribution in [0.4, 0.5) is 0 Å². The van der Waals surface area contributed by atoms with Crippen molar-refractivity contribution in [2.75, 3.05) is 0 Å². The summed E-state index contributed by atoms with van der Waals surface area (Å²) in [5.41, 5.74) is 1.79. The maximum absolute atomic E-state index is 3.74. The maximum atomic E-state index is 3.74. The van der Waals surface area contributed by atoms with E-state index in [1.807, 2.05) is 41.8 Å². The second kappa shape index (κ2) is 5.62. The van der Waals surface area contributed by atoms with Crippen LogP contribution >= 0.6 is 11.3 Å². The zero-order valence-electron chi connectivity index (χ0n) is 6.05. The molecule has 0 aliphatic rings. The third-order valence-corrected chi connectivity index (χ3v) is 1.54. The summed E-state index contributed by atoms with van der Waals surface area (Å²) in [4.78, 5) is 3.74. The Kier molecular flexibility index (Phi) is 4.06. The lowest BCUT2D eigenvalue weighted by Gasteiger charge is -1.69. The van der Waals surface area contributed by atoms with Crippen molar-refractivity contribution in [2.24, 2.45) is 0 Å². The van der Waals surface area contributed by atoms with Gasteiger partial charge in [-0.2, -0.15) is 0 Å². The van der Waals surface area contributed by atoms with Crippen molar-refractivity contribution in [3.05, 3.63) is 53.5 Å². The standard InChI is InChI=1S/C6H6.C3H3NS/c1-2-4-6-5-3-1;1-2-5-3-4-1/h1-6H;1-3H. The molecule has 1 aromatic carbocycles. The van der Waals surface area contributed by atoms with Gasteiger partial charge in [0.05, 0.1) is 5.51 Å². The number of benzene rings is 1. The molecule has 0 atom stereocenters. The Hall–Kier alpha value is -1.15. The highest BCUT2D eigenvalue weighted by Crippen LogP contribution is 1.85. The smallest absolute Gasteiger partial charge is 0.0791 e. The molecule has 1 nitrogen and oxygen atoms in total. The number of hydrogen-bond donors (Lipinski definition) is 0. The van der Waals surface area contributed by atoms with Crippen molar-refractivity contribution >= 4 is 11.3 Å². The van der Waals surface area contributed by atoms with Crippen molar-refractivity contribution in [1.82, 2.24) is 4.98 Å². The van der Waals surface area contributed by atoms with Gasteiger partial charge >= 0.3 is 0 Å². The molecule has 2 rings (SSSR count). The second-order valence-electron chi connectivity index (χ2n) is 1.83. The molecule has 0 radical (unpaired) electrons. The molecule has 2 aromatic rings. The van der Waals surface area contributed by atoms with Gasteiger partial charge in [-0.3, -0.25) is 4.98 Å². The minimum absolute atomic E-state index is 1.60. The monoisotopic (exact) mass is 163 g/mol. The first-order chi connectivity index (χ1) is 5.50. The Bertz CT molecular complexity index is 195. The van der Waals surface area contributed by atoms with Gasteiger partial charge in [-0.05, 0) is 0 Å². The predicted molar refractivity (Wildman–Crippen MR) is 48.6 cm³/mol. The zero-order valence-corrected chi connectivity index (χ0v) is 6.87. The second-order valence-corrected chi connectivity index (χ2v) is 2.59. The highest BCUT2D eigenvalue weighted by molar-refractivity contribution is 7.07. The molecule has 0 bridgehead atoms. The zero-order chi connectivity index (χ0) is 7.78. The molecule has 0 unspecified atom stereocenters. The fourth-order valence-electron chi connectivity index (χ4n) is 0.561. The van der Waals surface area contributed by atoms with E-state index in [0.29, 0.717) is 0 Å². The molecule has 0 aliphatic carbocycles. The number of thiazole rings is 1. The third kappa shape index (κ3) is 4.28. The summed E-state index contributed by atoms with van der Waals surface area (Å²) in [6, 6.07) is 12.0. The Balaban J connectivity index is 0.000000112. The third-order valence-electron chi connectivity index (χ3n) is 1.01. The molecular weight excluding hydrogens is 154 g/mol. The highest BCUT2D eigenvalue weighted by Gasteiger charge is 1.59. The average molecular weight is 163 g/mol. The number of hydrogen-bond acceptors (Lipinski definition) is 2. The molecule has 56 valence electrons. The van der Waals surface area contributed by atoms with Gasteiger partial charge in [0.1, 0.15) is 0 Å². The summed E-state index contributed by atoms with van der Waals surface area (Å²) in [7, 11) is 0. The fraction of sp³-hybridized carbons (Fsp3) is 0. The van der Waals surface area contributed by atoms with Crippen molar-refractivity contribution in [3.63, 3.8) is 0 Å². The van der Waals surface area contributed by atoms with Crippen LogP contribution in [0, 0.1) is 0 Å². The van der Waals surface area contributed by atoms with Crippen LogP contribution in [-0.2, 0) is 0 Å². The lowest BCUT2D eigenvalue weighted by molar-refractivity contribution is 1.43. The van der Waals surface area contributed by atoms with Crippen LogP contribution in [0.3, 0.4) is 0 Å². The van der Waals surface area contributed by atoms with Crippen molar-refractivity contribution < 1.29 is 0 Å². The summed E-state index contributed by atoms with van der Waals surface area (Å²) in [6.45, 7) is 0. The summed E-state index contributed by atoms with van der Waals surface area (Å²) in [5, 5.41) is 1.93. The topological polar surface area (TPSA) is 12.9 Å². The van der Waals surface area contributed by atoms with Crippen molar-refractivity contribution in [2.45, 2.75) is 0 Å². The van der Waals surface area contributed by atoms with Gasteiger partial charge in [-0.15, -0.1) is 11.3 Å². The van der Waals surface area contributed by atoms with E-state index in [1.54, 1.807) is 23.0 Å². The van der Waals surface area contributed by atoms with E-state index in [0.717, 1.165) is 0 Å². The van der Waals surface area contributed by atoms with Crippen LogP contribution in [0.25, 0.3) is 0 Å². The molecule has 0 saturated carbocycles. The Morgan fingerprint density at radius 1 is 0.818 bits per heavy atom. The number of aromatic nitrogens is 1. The first-order valence-electron chi connectivity index (χ1n) is 3.32. The van der Waals surface area contributed by atoms with Gasteiger partial charge in [0.25, 0.3) is 0 Å². The molecule has 0 saturated heterocycles. The average Bonchev–Trinajstić information content (AvgIpc) is 2.64. The predicted octanol–water partition coefficient (Wildman–Crippen LogP) is 2.83. The van der Waals surface area contributed by atoms with E-state index < -0.39 is 0 Å². The molecule has 1 aromatic heterocycles. The molecule has 0 amide bonds. The van der Waals surface area contributed by atoms with Crippen LogP contribution in [0.5, 0.6) is 0 Å². The first-order valence-corrected chi connectivity index (χ1v) is 4.26. The Labute approximate surface area is 70.4 Å². The summed E-state index contributed by atoms with van der Waals surface area (Å²) in [5.74, 6) is 0. The quantitative estimate of drug-likeness (QED) is 0.582. The van der Waals surface area contributed by atoms with Crippen LogP contribution in [0.15, 0.2) is 53.5 Å². The molecule has 0 fully saturated rings. The van der Waals surface area contributed by atoms with Crippen molar-refractivity contribution in [1.29, 1.82) is 0 Å². The van der Waals surface area contributed by atoms with Gasteiger partial charge < -0.3 is 0 Å². The lowest BCUT2D eigenvalue weighted by Crippen LogP contribution is -1.47. The minimum atomic E-state index is 1.60. The maximum Gasteiger partial charge on any atom is 0.0791 e. The Morgan fingerprint density at radius 3 is 1.55 bits per heavy atom. The van der Waals surface area contributed by atoms with E-state index in [2.05, 4.69) is 4.98 Å². The van der Waals surface area contributed by atoms with E-state index in [9.17, 15) is 0 Å². The minimum Gasteiger partial charge on any atom is -0.253 e. The van der Waals surface area contributed by atoms with Crippen LogP contribution < -0.4 is 0 Å². The highest BCUT2D eigenvalue weighted by atomic mass is 32.1. The van der Waals surface area contributed by atoms with Gasteiger partial charge in [0.2, 0.25) is 0 Å². The normalized spacial score (nSPS) is 8.00. The van der Waals surface area contributed by atoms with Crippen LogP contribution in [-0.4, -0.2) is 4.98 Å². The molecule has 1 heterocycles. The Morgan fingerprint density at radius 2 is 1.36 bits per heavy atom. The van der Waals surface area contributed by atoms with Crippen molar-refractivity contribution in [3.8, 4) is 0 Å². The molecule has 0 N–H and O–H groups in total. The first kappa shape index (κ1) is 7.95. The van der Waals surface area contributed by atoms with Crippen LogP contribution in [0.2, 0.25) is 0 Å². The molecule has 2 heteroatoms. The summed E-state index contributed by atoms with van der Waals surface area (Å²) >= 11 is 1.60. The number of rotatable bonds is 0. The lowest BCUT2D eigenvalue weighted by atomic mass is 10.4. The van der Waals surface area contributed by atoms with E-state index in [-0.39, 0.29) is 0 Å². The van der Waals surface area contributed by atoms with E-state index in [1.165, 1.54) is 0 Å². The molecular formula is C9H9NS. The van der Waals surface area contributed by atoms with E-state index in [4.69, 9.17) is 0 Å². The SMILES string of the molecule is c1ccccc1.c1cscn1. The molecule has 11 heavy (non-hydrogen) atoms. The molecule has 0 aliphatic heterocycles. The van der Waals surface area contributed by atoms with Gasteiger partial charge in [0.15, 0.2) is 0 Å². The summed E-state index contributed by atoms with van der Waals surface area (Å²) < 4.78 is 0. The van der Waals surface area contributed by atoms with Gasteiger partial charge in [0, 0.05) is 11.6 Å². The molecule has 0 spiro atoms. The van der Waals surface area contributed by atoms with E-state index >= 15 is 0 Å². The van der Waals surface area contributed by atoms with Gasteiger partial charge in [-0.25, -0.2) is 0 Å². The van der Waals surface area contributed by atoms with Crippen LogP contribution in [0.1, 0.15) is 0 Å². The number of nitrogens with zero attached hydrogens (tertiary/aromatic N) is 1. The fourth-order valence-corrected chi connectivity index (χ4v) is 0.912. The summed E-state index contributed by atoms with van der Waals surface area (Å²) in [6.07, 6.45) is 1.77. The van der Waals surface area contributed by atoms with Gasteiger partial charge in [-0.1, -0.05) is 36.4 Å².